The van der Waals surface area contributed by atoms with Crippen LogP contribution in [-0.4, -0.2) is 30.1 Å². The van der Waals surface area contributed by atoms with Crippen LogP contribution in [0.4, 0.5) is 0 Å². The molecule has 0 saturated heterocycles. The number of nitrogens with zero attached hydrogens (tertiary/aromatic N) is 1. The lowest BCUT2D eigenvalue weighted by atomic mass is 9.87. The Bertz CT molecular complexity index is 171. The molecule has 0 radical (unpaired) electrons. The van der Waals surface area contributed by atoms with Crippen molar-refractivity contribution < 1.29 is 0 Å². The molecule has 0 heterocycles. The Labute approximate surface area is 95.2 Å². The van der Waals surface area contributed by atoms with Gasteiger partial charge >= 0.3 is 0 Å². The van der Waals surface area contributed by atoms with E-state index in [1.807, 2.05) is 0 Å². The lowest BCUT2D eigenvalue weighted by molar-refractivity contribution is 0.100. The zero-order chi connectivity index (χ0) is 11.3. The van der Waals surface area contributed by atoms with Crippen LogP contribution in [0.25, 0.3) is 0 Å². The third kappa shape index (κ3) is 3.76. The molecule has 2 nitrogen and oxygen atoms in total. The molecule has 0 bridgehead atoms. The summed E-state index contributed by atoms with van der Waals surface area (Å²) in [5.74, 6) is 0.921. The normalized spacial score (nSPS) is 19.8. The third-order valence-corrected chi connectivity index (χ3v) is 3.94. The van der Waals surface area contributed by atoms with Gasteiger partial charge in [-0.15, -0.1) is 0 Å². The summed E-state index contributed by atoms with van der Waals surface area (Å²) in [6.45, 7) is 9.91. The van der Waals surface area contributed by atoms with E-state index in [-0.39, 0.29) is 5.54 Å². The maximum absolute atomic E-state index is 5.85. The standard InChI is InChI=1S/C13H28N2/c1-4-15(13(2,3)11-14)10-12-8-6-5-7-9-12/h12H,4-11,14H2,1-3H3. The first-order valence-corrected chi connectivity index (χ1v) is 6.55. The van der Waals surface area contributed by atoms with Gasteiger partial charge in [-0.25, -0.2) is 0 Å². The number of rotatable bonds is 5. The van der Waals surface area contributed by atoms with E-state index < -0.39 is 0 Å². The second-order valence-electron chi connectivity index (χ2n) is 5.56. The van der Waals surface area contributed by atoms with Crippen LogP contribution in [0.3, 0.4) is 0 Å². The lowest BCUT2D eigenvalue weighted by Crippen LogP contribution is -2.51. The first-order chi connectivity index (χ1) is 7.10. The summed E-state index contributed by atoms with van der Waals surface area (Å²) in [7, 11) is 0. The van der Waals surface area contributed by atoms with E-state index in [0.717, 1.165) is 19.0 Å². The van der Waals surface area contributed by atoms with Gasteiger partial charge in [-0.1, -0.05) is 26.2 Å². The zero-order valence-corrected chi connectivity index (χ0v) is 10.8. The molecule has 0 aliphatic heterocycles. The Kier molecular flexibility index (Phi) is 5.07. The molecule has 1 aliphatic carbocycles. The topological polar surface area (TPSA) is 29.3 Å². The Morgan fingerprint density at radius 1 is 1.20 bits per heavy atom. The van der Waals surface area contributed by atoms with E-state index in [9.17, 15) is 0 Å². The fraction of sp³-hybridized carbons (Fsp3) is 1.00. The molecule has 0 amide bonds. The lowest BCUT2D eigenvalue weighted by Gasteiger charge is -2.40. The maximum atomic E-state index is 5.85. The van der Waals surface area contributed by atoms with Gasteiger partial charge < -0.3 is 5.73 Å². The van der Waals surface area contributed by atoms with Gasteiger partial charge in [0.2, 0.25) is 0 Å². The minimum absolute atomic E-state index is 0.173. The van der Waals surface area contributed by atoms with E-state index in [4.69, 9.17) is 5.73 Å². The smallest absolute Gasteiger partial charge is 0.0275 e. The zero-order valence-electron chi connectivity index (χ0n) is 10.8. The molecule has 0 spiro atoms. The van der Waals surface area contributed by atoms with Gasteiger partial charge in [-0.2, -0.15) is 0 Å². The van der Waals surface area contributed by atoms with Crippen LogP contribution >= 0.6 is 0 Å². The third-order valence-electron chi connectivity index (χ3n) is 3.94. The van der Waals surface area contributed by atoms with Crippen molar-refractivity contribution in [1.29, 1.82) is 0 Å². The van der Waals surface area contributed by atoms with Gasteiger partial charge in [0.1, 0.15) is 0 Å². The second-order valence-corrected chi connectivity index (χ2v) is 5.56. The molecule has 0 unspecified atom stereocenters. The van der Waals surface area contributed by atoms with Crippen LogP contribution in [-0.2, 0) is 0 Å². The van der Waals surface area contributed by atoms with E-state index in [1.54, 1.807) is 0 Å². The minimum Gasteiger partial charge on any atom is -0.329 e. The highest BCUT2D eigenvalue weighted by atomic mass is 15.2. The quantitative estimate of drug-likeness (QED) is 0.759. The van der Waals surface area contributed by atoms with Gasteiger partial charge in [0.25, 0.3) is 0 Å². The van der Waals surface area contributed by atoms with Crippen LogP contribution < -0.4 is 5.73 Å². The second kappa shape index (κ2) is 5.86. The summed E-state index contributed by atoms with van der Waals surface area (Å²) < 4.78 is 0. The van der Waals surface area contributed by atoms with Crippen LogP contribution in [0.15, 0.2) is 0 Å². The molecule has 1 fully saturated rings. The Morgan fingerprint density at radius 3 is 2.27 bits per heavy atom. The number of hydrogen-bond acceptors (Lipinski definition) is 2. The summed E-state index contributed by atoms with van der Waals surface area (Å²) in [4.78, 5) is 2.56. The molecule has 0 aromatic carbocycles. The maximum Gasteiger partial charge on any atom is 0.0275 e. The fourth-order valence-corrected chi connectivity index (χ4v) is 2.61. The molecular weight excluding hydrogens is 184 g/mol. The highest BCUT2D eigenvalue weighted by molar-refractivity contribution is 4.83. The van der Waals surface area contributed by atoms with E-state index >= 15 is 0 Å². The number of nitrogens with two attached hydrogens (primary N) is 1. The average molecular weight is 212 g/mol. The van der Waals surface area contributed by atoms with E-state index in [0.29, 0.717) is 0 Å². The molecule has 1 rings (SSSR count). The van der Waals surface area contributed by atoms with Crippen molar-refractivity contribution in [2.75, 3.05) is 19.6 Å². The van der Waals surface area contributed by atoms with Gasteiger partial charge in [-0.05, 0) is 39.2 Å². The van der Waals surface area contributed by atoms with Crippen LogP contribution in [0.2, 0.25) is 0 Å². The Balaban J connectivity index is 2.44. The predicted molar refractivity (Wildman–Crippen MR) is 67.0 cm³/mol. The highest BCUT2D eigenvalue weighted by Gasteiger charge is 2.26. The molecule has 0 aromatic rings. The Morgan fingerprint density at radius 2 is 1.80 bits per heavy atom. The van der Waals surface area contributed by atoms with Gasteiger partial charge in [0.05, 0.1) is 0 Å². The molecule has 0 atom stereocenters. The molecule has 1 aliphatic rings. The van der Waals surface area contributed by atoms with Crippen molar-refractivity contribution in [1.82, 2.24) is 4.90 Å². The van der Waals surface area contributed by atoms with Gasteiger partial charge in [0.15, 0.2) is 0 Å². The van der Waals surface area contributed by atoms with E-state index in [2.05, 4.69) is 25.7 Å². The molecule has 2 N–H and O–H groups in total. The van der Waals surface area contributed by atoms with Crippen molar-refractivity contribution >= 4 is 0 Å². The van der Waals surface area contributed by atoms with Crippen LogP contribution in [0.5, 0.6) is 0 Å². The van der Waals surface area contributed by atoms with Crippen molar-refractivity contribution in [3.05, 3.63) is 0 Å². The SMILES string of the molecule is CCN(CC1CCCCC1)C(C)(C)CN. The molecule has 90 valence electrons. The summed E-state index contributed by atoms with van der Waals surface area (Å²) in [5, 5.41) is 0. The van der Waals surface area contributed by atoms with Crippen molar-refractivity contribution in [2.24, 2.45) is 11.7 Å². The monoisotopic (exact) mass is 212 g/mol. The minimum atomic E-state index is 0.173. The number of likely N-dealkylation sites (N-methyl/N-ethyl adjacent to an activating group) is 1. The van der Waals surface area contributed by atoms with Crippen LogP contribution in [0.1, 0.15) is 52.9 Å². The van der Waals surface area contributed by atoms with E-state index in [1.165, 1.54) is 38.6 Å². The number of hydrogen-bond donors (Lipinski definition) is 1. The average Bonchev–Trinajstić information content (AvgIpc) is 2.27. The molecule has 0 aromatic heterocycles. The summed E-state index contributed by atoms with van der Waals surface area (Å²) in [6.07, 6.45) is 7.17. The van der Waals surface area contributed by atoms with Crippen molar-refractivity contribution in [3.63, 3.8) is 0 Å². The summed E-state index contributed by atoms with van der Waals surface area (Å²) in [6, 6.07) is 0. The van der Waals surface area contributed by atoms with Gasteiger partial charge in [-0.3, -0.25) is 4.90 Å². The molecule has 1 saturated carbocycles. The molecule has 15 heavy (non-hydrogen) atoms. The largest absolute Gasteiger partial charge is 0.329 e. The Hall–Kier alpha value is -0.0800. The van der Waals surface area contributed by atoms with Gasteiger partial charge in [0, 0.05) is 18.6 Å². The molecule has 2 heteroatoms. The fourth-order valence-electron chi connectivity index (χ4n) is 2.61. The van der Waals surface area contributed by atoms with Crippen molar-refractivity contribution in [2.45, 2.75) is 58.4 Å². The van der Waals surface area contributed by atoms with Crippen LogP contribution in [0, 0.1) is 5.92 Å². The first kappa shape index (κ1) is 13.0. The highest BCUT2D eigenvalue weighted by Crippen LogP contribution is 2.26. The molecular formula is C13H28N2. The van der Waals surface area contributed by atoms with Crippen molar-refractivity contribution in [3.8, 4) is 0 Å². The first-order valence-electron chi connectivity index (χ1n) is 6.55. The predicted octanol–water partition coefficient (Wildman–Crippen LogP) is 2.63. The summed E-state index contributed by atoms with van der Waals surface area (Å²) >= 11 is 0. The summed E-state index contributed by atoms with van der Waals surface area (Å²) in [5.41, 5.74) is 6.02.